The summed E-state index contributed by atoms with van der Waals surface area (Å²) in [7, 11) is 0. The summed E-state index contributed by atoms with van der Waals surface area (Å²) in [5.74, 6) is 0.342. The van der Waals surface area contributed by atoms with Gasteiger partial charge in [0.05, 0.1) is 30.6 Å². The predicted molar refractivity (Wildman–Crippen MR) is 151 cm³/mol. The first-order valence-corrected chi connectivity index (χ1v) is 14.7. The average molecular weight is 564 g/mol. The van der Waals surface area contributed by atoms with Crippen molar-refractivity contribution in [3.63, 3.8) is 0 Å². The van der Waals surface area contributed by atoms with Crippen molar-refractivity contribution in [2.75, 3.05) is 18.1 Å². The van der Waals surface area contributed by atoms with Crippen molar-refractivity contribution in [1.29, 1.82) is 0 Å². The number of carbonyl (C=O) groups is 3. The average Bonchev–Trinajstić information content (AvgIpc) is 3.55. The summed E-state index contributed by atoms with van der Waals surface area (Å²) in [5.41, 5.74) is 3.21. The number of nitrogens with one attached hydrogen (secondary N) is 3. The molecule has 1 saturated carbocycles. The molecule has 1 aromatic heterocycles. The molecule has 2 unspecified atom stereocenters. The molecule has 40 heavy (non-hydrogen) atoms. The molecule has 0 radical (unpaired) electrons. The molecule has 0 spiro atoms. The van der Waals surface area contributed by atoms with Gasteiger partial charge in [0.25, 0.3) is 0 Å². The fourth-order valence-corrected chi connectivity index (χ4v) is 7.25. The number of amides is 4. The van der Waals surface area contributed by atoms with Crippen LogP contribution in [0.1, 0.15) is 49.3 Å². The number of anilines is 2. The minimum atomic E-state index is -0.567. The molecule has 4 amide bonds. The summed E-state index contributed by atoms with van der Waals surface area (Å²) in [6.07, 6.45) is 7.24. The van der Waals surface area contributed by atoms with Crippen LogP contribution in [0.15, 0.2) is 48.1 Å². The van der Waals surface area contributed by atoms with Gasteiger partial charge in [-0.15, -0.1) is 0 Å². The largest absolute Gasteiger partial charge is 0.490 e. The van der Waals surface area contributed by atoms with E-state index in [1.165, 1.54) is 17.8 Å². The molecule has 210 valence electrons. The van der Waals surface area contributed by atoms with E-state index in [2.05, 4.69) is 27.5 Å². The van der Waals surface area contributed by atoms with Crippen molar-refractivity contribution in [2.24, 2.45) is 0 Å². The highest BCUT2D eigenvalue weighted by atomic mass is 32.2. The Hall–Kier alpha value is -3.57. The second-order valence-corrected chi connectivity index (χ2v) is 11.7. The summed E-state index contributed by atoms with van der Waals surface area (Å²) in [5, 5.41) is 9.28. The SMILES string of the molecule is C=CC(=O)N[C@H]1CCC[C@H]1NC(=O)C1Sc2nccc3c2C1NC(=O)N3c1ccc(OC2CCOCC2)cc1C. The number of nitrogens with zero attached hydrogens (tertiary/aromatic N) is 2. The molecule has 2 fully saturated rings. The van der Waals surface area contributed by atoms with E-state index in [0.717, 1.165) is 65.4 Å². The molecule has 6 rings (SSSR count). The van der Waals surface area contributed by atoms with Gasteiger partial charge >= 0.3 is 6.03 Å². The van der Waals surface area contributed by atoms with Crippen LogP contribution >= 0.6 is 11.8 Å². The number of urea groups is 1. The van der Waals surface area contributed by atoms with Gasteiger partial charge in [-0.3, -0.25) is 14.5 Å². The minimum Gasteiger partial charge on any atom is -0.490 e. The molecule has 4 heterocycles. The molecular weight excluding hydrogens is 530 g/mol. The molecule has 1 saturated heterocycles. The Bertz CT molecular complexity index is 1350. The first kappa shape index (κ1) is 26.6. The lowest BCUT2D eigenvalue weighted by Crippen LogP contribution is -2.53. The second kappa shape index (κ2) is 11.1. The summed E-state index contributed by atoms with van der Waals surface area (Å²) in [4.78, 5) is 45.1. The van der Waals surface area contributed by atoms with Gasteiger partial charge in [0.2, 0.25) is 11.8 Å². The fraction of sp³-hybridized carbons (Fsp3) is 0.448. The van der Waals surface area contributed by atoms with E-state index >= 15 is 0 Å². The Morgan fingerprint density at radius 3 is 2.67 bits per heavy atom. The monoisotopic (exact) mass is 563 g/mol. The maximum Gasteiger partial charge on any atom is 0.327 e. The van der Waals surface area contributed by atoms with Gasteiger partial charge in [0, 0.05) is 36.7 Å². The molecule has 1 aromatic carbocycles. The molecule has 11 heteroatoms. The normalized spacial score (nSPS) is 25.6. The third kappa shape index (κ3) is 5.03. The number of thioether (sulfide) groups is 1. The lowest BCUT2D eigenvalue weighted by molar-refractivity contribution is -0.122. The quantitative estimate of drug-likeness (QED) is 0.440. The number of carbonyl (C=O) groups excluding carboxylic acids is 3. The van der Waals surface area contributed by atoms with E-state index in [0.29, 0.717) is 13.2 Å². The predicted octanol–water partition coefficient (Wildman–Crippen LogP) is 3.66. The number of pyridine rings is 1. The lowest BCUT2D eigenvalue weighted by atomic mass is 9.99. The number of ether oxygens (including phenoxy) is 2. The molecule has 4 atom stereocenters. The molecule has 2 aromatic rings. The van der Waals surface area contributed by atoms with Gasteiger partial charge in [-0.1, -0.05) is 18.3 Å². The van der Waals surface area contributed by atoms with Crippen molar-refractivity contribution in [3.05, 3.63) is 54.2 Å². The van der Waals surface area contributed by atoms with E-state index in [1.807, 2.05) is 31.2 Å². The van der Waals surface area contributed by atoms with Crippen LogP contribution in [0.3, 0.4) is 0 Å². The maximum absolute atomic E-state index is 13.6. The zero-order valence-electron chi connectivity index (χ0n) is 22.4. The smallest absolute Gasteiger partial charge is 0.327 e. The first-order valence-electron chi connectivity index (χ1n) is 13.8. The van der Waals surface area contributed by atoms with Crippen LogP contribution in [0, 0.1) is 6.92 Å². The summed E-state index contributed by atoms with van der Waals surface area (Å²) in [6, 6.07) is 6.46. The van der Waals surface area contributed by atoms with Crippen molar-refractivity contribution in [2.45, 2.75) is 73.5 Å². The van der Waals surface area contributed by atoms with Crippen molar-refractivity contribution in [1.82, 2.24) is 20.9 Å². The van der Waals surface area contributed by atoms with Crippen molar-refractivity contribution in [3.8, 4) is 5.75 Å². The van der Waals surface area contributed by atoms with Gasteiger partial charge in [-0.25, -0.2) is 9.78 Å². The Morgan fingerprint density at radius 2 is 1.93 bits per heavy atom. The van der Waals surface area contributed by atoms with Crippen LogP contribution in [0.4, 0.5) is 16.2 Å². The zero-order chi connectivity index (χ0) is 27.8. The fourth-order valence-electron chi connectivity index (χ4n) is 6.01. The summed E-state index contributed by atoms with van der Waals surface area (Å²) in [6.45, 7) is 6.88. The van der Waals surface area contributed by atoms with Crippen LogP contribution in [0.25, 0.3) is 0 Å². The van der Waals surface area contributed by atoms with Crippen molar-refractivity contribution < 1.29 is 23.9 Å². The highest BCUT2D eigenvalue weighted by Crippen LogP contribution is 2.51. The Labute approximate surface area is 237 Å². The molecule has 0 bridgehead atoms. The summed E-state index contributed by atoms with van der Waals surface area (Å²) >= 11 is 1.36. The number of aromatic nitrogens is 1. The van der Waals surface area contributed by atoms with Crippen LogP contribution in [-0.2, 0) is 14.3 Å². The van der Waals surface area contributed by atoms with Gasteiger partial charge in [-0.05, 0) is 62.1 Å². The third-order valence-electron chi connectivity index (χ3n) is 8.00. The number of benzene rings is 1. The third-order valence-corrected chi connectivity index (χ3v) is 9.29. The number of hydrogen-bond donors (Lipinski definition) is 3. The second-order valence-electron chi connectivity index (χ2n) is 10.6. The Balaban J connectivity index is 1.21. The van der Waals surface area contributed by atoms with Gasteiger partial charge in [-0.2, -0.15) is 0 Å². The zero-order valence-corrected chi connectivity index (χ0v) is 23.2. The van der Waals surface area contributed by atoms with E-state index in [4.69, 9.17) is 9.47 Å². The van der Waals surface area contributed by atoms with Crippen LogP contribution < -0.4 is 25.6 Å². The van der Waals surface area contributed by atoms with E-state index < -0.39 is 11.3 Å². The molecule has 3 aliphatic heterocycles. The van der Waals surface area contributed by atoms with Crippen LogP contribution in [0.5, 0.6) is 5.75 Å². The summed E-state index contributed by atoms with van der Waals surface area (Å²) < 4.78 is 11.6. The molecular formula is C29H33N5O5S. The number of rotatable bonds is 7. The van der Waals surface area contributed by atoms with E-state index in [9.17, 15) is 14.4 Å². The van der Waals surface area contributed by atoms with Gasteiger partial charge < -0.3 is 25.4 Å². The van der Waals surface area contributed by atoms with Crippen molar-refractivity contribution >= 4 is 41.0 Å². The van der Waals surface area contributed by atoms with E-state index in [-0.39, 0.29) is 36.0 Å². The number of aryl methyl sites for hydroxylation is 1. The van der Waals surface area contributed by atoms with Gasteiger partial charge in [0.15, 0.2) is 0 Å². The maximum atomic E-state index is 13.6. The minimum absolute atomic E-state index is 0.124. The molecule has 10 nitrogen and oxygen atoms in total. The Kier molecular flexibility index (Phi) is 7.41. The Morgan fingerprint density at radius 1 is 1.15 bits per heavy atom. The van der Waals surface area contributed by atoms with Crippen LogP contribution in [0.2, 0.25) is 0 Å². The molecule has 3 N–H and O–H groups in total. The molecule has 4 aliphatic rings. The highest BCUT2D eigenvalue weighted by molar-refractivity contribution is 8.01. The van der Waals surface area contributed by atoms with E-state index in [1.54, 1.807) is 11.1 Å². The standard InChI is InChI=1S/C29H33N5O5S/c1-3-23(35)31-19-5-4-6-20(19)32-27(36)26-25-24-22(9-12-30-28(24)40-26)34(29(37)33-25)21-8-7-18(15-16(21)2)39-17-10-13-38-14-11-17/h3,7-9,12,15,17,19-20,25-26H,1,4-6,10-11,13-14H2,2H3,(H,31,35)(H,32,36)(H,33,37)/t19-,20+,25?,26?/m0/s1. The number of hydrogen-bond acceptors (Lipinski definition) is 7. The molecule has 1 aliphatic carbocycles. The highest BCUT2D eigenvalue weighted by Gasteiger charge is 2.47. The topological polar surface area (TPSA) is 122 Å². The van der Waals surface area contributed by atoms with Gasteiger partial charge in [0.1, 0.15) is 22.1 Å². The lowest BCUT2D eigenvalue weighted by Gasteiger charge is -2.35. The van der Waals surface area contributed by atoms with Crippen LogP contribution in [-0.4, -0.2) is 59.5 Å². The first-order chi connectivity index (χ1) is 19.4.